The number of hydrogen-bond acceptors (Lipinski definition) is 5. The summed E-state index contributed by atoms with van der Waals surface area (Å²) in [5, 5.41) is 6.27. The first-order valence-corrected chi connectivity index (χ1v) is 9.72. The van der Waals surface area contributed by atoms with Gasteiger partial charge < -0.3 is 19.7 Å². The van der Waals surface area contributed by atoms with Crippen molar-refractivity contribution in [3.05, 3.63) is 52.0 Å². The van der Waals surface area contributed by atoms with Crippen molar-refractivity contribution in [2.45, 2.75) is 0 Å². The molecular weight excluding hydrogens is 421 g/mol. The summed E-state index contributed by atoms with van der Waals surface area (Å²) in [7, 11) is 1.45. The fourth-order valence-electron chi connectivity index (χ4n) is 2.80. The molecule has 1 aliphatic rings. The average molecular weight is 440 g/mol. The van der Waals surface area contributed by atoms with E-state index in [1.54, 1.807) is 0 Å². The van der Waals surface area contributed by atoms with Crippen molar-refractivity contribution >= 4 is 57.8 Å². The molecule has 2 N–H and O–H groups in total. The van der Waals surface area contributed by atoms with Crippen molar-refractivity contribution in [2.24, 2.45) is 0 Å². The molecule has 0 bridgehead atoms. The number of ether oxygens (including phenoxy) is 2. The number of thiocarbonyl (C=S) groups is 1. The summed E-state index contributed by atoms with van der Waals surface area (Å²) in [4.78, 5) is 14.6. The maximum atomic E-state index is 12.4. The third kappa shape index (κ3) is 5.05. The van der Waals surface area contributed by atoms with Crippen LogP contribution in [0.2, 0.25) is 10.0 Å². The molecule has 1 aliphatic heterocycles. The number of carbonyl (C=O) groups is 1. The first kappa shape index (κ1) is 20.7. The fourth-order valence-corrected chi connectivity index (χ4v) is 3.65. The molecule has 0 spiro atoms. The lowest BCUT2D eigenvalue weighted by molar-refractivity contribution is 0.0977. The van der Waals surface area contributed by atoms with E-state index >= 15 is 0 Å². The normalized spacial score (nSPS) is 13.8. The zero-order chi connectivity index (χ0) is 20.1. The van der Waals surface area contributed by atoms with Gasteiger partial charge in [0.2, 0.25) is 0 Å². The molecule has 0 atom stereocenters. The van der Waals surface area contributed by atoms with Crippen molar-refractivity contribution in [2.75, 3.05) is 43.6 Å². The molecule has 1 amide bonds. The van der Waals surface area contributed by atoms with Gasteiger partial charge in [-0.05, 0) is 48.6 Å². The predicted molar refractivity (Wildman–Crippen MR) is 116 cm³/mol. The number of benzene rings is 2. The van der Waals surface area contributed by atoms with E-state index in [2.05, 4.69) is 15.5 Å². The molecule has 1 saturated heterocycles. The van der Waals surface area contributed by atoms with Crippen LogP contribution in [0.25, 0.3) is 0 Å². The molecular formula is C19H19Cl2N3O3S. The van der Waals surface area contributed by atoms with Crippen molar-refractivity contribution < 1.29 is 14.3 Å². The quantitative estimate of drug-likeness (QED) is 0.702. The van der Waals surface area contributed by atoms with Crippen molar-refractivity contribution in [1.82, 2.24) is 5.32 Å². The predicted octanol–water partition coefficient (Wildman–Crippen LogP) is 3.97. The molecule has 148 valence electrons. The number of carbonyl (C=O) groups excluding carboxylic acids is 1. The van der Waals surface area contributed by atoms with E-state index in [1.165, 1.54) is 19.2 Å². The van der Waals surface area contributed by atoms with E-state index in [1.807, 2.05) is 24.3 Å². The number of nitrogens with one attached hydrogen (secondary N) is 2. The van der Waals surface area contributed by atoms with E-state index in [4.69, 9.17) is 44.9 Å². The highest BCUT2D eigenvalue weighted by molar-refractivity contribution is 7.80. The van der Waals surface area contributed by atoms with Gasteiger partial charge in [-0.3, -0.25) is 10.1 Å². The van der Waals surface area contributed by atoms with Gasteiger partial charge in [-0.1, -0.05) is 23.2 Å². The Labute approximate surface area is 178 Å². The highest BCUT2D eigenvalue weighted by Crippen LogP contribution is 2.33. The largest absolute Gasteiger partial charge is 0.494 e. The smallest absolute Gasteiger partial charge is 0.257 e. The van der Waals surface area contributed by atoms with Gasteiger partial charge in [-0.15, -0.1) is 0 Å². The number of rotatable bonds is 4. The number of morpholine rings is 1. The summed E-state index contributed by atoms with van der Waals surface area (Å²) in [6, 6.07) is 10.8. The maximum Gasteiger partial charge on any atom is 0.257 e. The standard InChI is InChI=1S/C19H19Cl2N3O3S/c1-26-17-15(20)10-12(11-16(17)21)18(25)23-19(28)22-13-2-4-14(5-3-13)24-6-8-27-9-7-24/h2-5,10-11H,6-9H2,1H3,(H2,22,23,25,28). The van der Waals surface area contributed by atoms with E-state index in [-0.39, 0.29) is 20.7 Å². The minimum atomic E-state index is -0.422. The monoisotopic (exact) mass is 439 g/mol. The van der Waals surface area contributed by atoms with Crippen LogP contribution in [0.1, 0.15) is 10.4 Å². The number of methoxy groups -OCH3 is 1. The van der Waals surface area contributed by atoms with Crippen LogP contribution in [0.3, 0.4) is 0 Å². The van der Waals surface area contributed by atoms with E-state index < -0.39 is 5.91 Å². The van der Waals surface area contributed by atoms with Crippen LogP contribution in [0.4, 0.5) is 11.4 Å². The SMILES string of the molecule is COc1c(Cl)cc(C(=O)NC(=S)Nc2ccc(N3CCOCC3)cc2)cc1Cl. The third-order valence-electron chi connectivity index (χ3n) is 4.19. The van der Waals surface area contributed by atoms with Crippen LogP contribution >= 0.6 is 35.4 Å². The molecule has 2 aromatic carbocycles. The number of halogens is 2. The lowest BCUT2D eigenvalue weighted by Gasteiger charge is -2.28. The average Bonchev–Trinajstić information content (AvgIpc) is 2.69. The van der Waals surface area contributed by atoms with Gasteiger partial charge in [-0.2, -0.15) is 0 Å². The van der Waals surface area contributed by atoms with Crippen molar-refractivity contribution in [3.8, 4) is 5.75 Å². The van der Waals surface area contributed by atoms with Gasteiger partial charge in [0.25, 0.3) is 5.91 Å². The summed E-state index contributed by atoms with van der Waals surface area (Å²) < 4.78 is 10.4. The first-order chi connectivity index (χ1) is 13.5. The second-order valence-electron chi connectivity index (χ2n) is 6.03. The molecule has 0 radical (unpaired) electrons. The van der Waals surface area contributed by atoms with Gasteiger partial charge in [0.15, 0.2) is 10.9 Å². The second kappa shape index (κ2) is 9.43. The Kier molecular flexibility index (Phi) is 6.96. The van der Waals surface area contributed by atoms with Crippen LogP contribution in [0.5, 0.6) is 5.75 Å². The molecule has 0 aromatic heterocycles. The minimum absolute atomic E-state index is 0.173. The molecule has 3 rings (SSSR count). The Morgan fingerprint density at radius 1 is 1.14 bits per heavy atom. The molecule has 1 fully saturated rings. The molecule has 28 heavy (non-hydrogen) atoms. The third-order valence-corrected chi connectivity index (χ3v) is 4.96. The molecule has 0 saturated carbocycles. The molecule has 1 heterocycles. The molecule has 0 aliphatic carbocycles. The molecule has 6 nitrogen and oxygen atoms in total. The van der Waals surface area contributed by atoms with Crippen LogP contribution < -0.4 is 20.3 Å². The Balaban J connectivity index is 1.60. The fraction of sp³-hybridized carbons (Fsp3) is 0.263. The number of nitrogens with zero attached hydrogens (tertiary/aromatic N) is 1. The summed E-state index contributed by atoms with van der Waals surface area (Å²) in [6.07, 6.45) is 0. The van der Waals surface area contributed by atoms with Crippen molar-refractivity contribution in [3.63, 3.8) is 0 Å². The summed E-state index contributed by atoms with van der Waals surface area (Å²) >= 11 is 17.4. The maximum absolute atomic E-state index is 12.4. The number of hydrogen-bond donors (Lipinski definition) is 2. The Morgan fingerprint density at radius 2 is 1.75 bits per heavy atom. The summed E-state index contributed by atoms with van der Waals surface area (Å²) in [6.45, 7) is 3.20. The van der Waals surface area contributed by atoms with Gasteiger partial charge in [0, 0.05) is 30.0 Å². The lowest BCUT2D eigenvalue weighted by Crippen LogP contribution is -2.36. The van der Waals surface area contributed by atoms with E-state index in [0.29, 0.717) is 5.75 Å². The minimum Gasteiger partial charge on any atom is -0.494 e. The van der Waals surface area contributed by atoms with Gasteiger partial charge in [0.1, 0.15) is 0 Å². The zero-order valence-electron chi connectivity index (χ0n) is 15.1. The molecule has 9 heteroatoms. The topological polar surface area (TPSA) is 62.8 Å². The Hall–Kier alpha value is -2.06. The summed E-state index contributed by atoms with van der Waals surface area (Å²) in [5.74, 6) is -0.102. The van der Waals surface area contributed by atoms with Crippen molar-refractivity contribution in [1.29, 1.82) is 0 Å². The number of anilines is 2. The Bertz CT molecular complexity index is 848. The number of amides is 1. The lowest BCUT2D eigenvalue weighted by atomic mass is 10.2. The second-order valence-corrected chi connectivity index (χ2v) is 7.25. The van der Waals surface area contributed by atoms with Gasteiger partial charge >= 0.3 is 0 Å². The molecule has 2 aromatic rings. The van der Waals surface area contributed by atoms with E-state index in [9.17, 15) is 4.79 Å². The molecule has 0 unspecified atom stereocenters. The summed E-state index contributed by atoms with van der Waals surface area (Å²) in [5.41, 5.74) is 2.17. The van der Waals surface area contributed by atoms with E-state index in [0.717, 1.165) is 37.7 Å². The Morgan fingerprint density at radius 3 is 2.32 bits per heavy atom. The van der Waals surface area contributed by atoms with Gasteiger partial charge in [-0.25, -0.2) is 0 Å². The van der Waals surface area contributed by atoms with Crippen LogP contribution in [0.15, 0.2) is 36.4 Å². The highest BCUT2D eigenvalue weighted by Gasteiger charge is 2.15. The highest BCUT2D eigenvalue weighted by atomic mass is 35.5. The van der Waals surface area contributed by atoms with Crippen LogP contribution in [-0.4, -0.2) is 44.4 Å². The first-order valence-electron chi connectivity index (χ1n) is 8.56. The zero-order valence-corrected chi connectivity index (χ0v) is 17.5. The van der Waals surface area contributed by atoms with Crippen LogP contribution in [-0.2, 0) is 4.74 Å². The van der Waals surface area contributed by atoms with Crippen LogP contribution in [0, 0.1) is 0 Å². The van der Waals surface area contributed by atoms with Gasteiger partial charge in [0.05, 0.1) is 30.4 Å².